The number of esters is 1. The molecule has 0 aliphatic heterocycles. The second kappa shape index (κ2) is 7.07. The van der Waals surface area contributed by atoms with E-state index in [4.69, 9.17) is 4.74 Å². The lowest BCUT2D eigenvalue weighted by Gasteiger charge is -2.20. The van der Waals surface area contributed by atoms with Gasteiger partial charge in [0.2, 0.25) is 0 Å². The molecule has 0 aromatic heterocycles. The van der Waals surface area contributed by atoms with E-state index in [2.05, 4.69) is 19.2 Å². The van der Waals surface area contributed by atoms with Crippen molar-refractivity contribution in [3.63, 3.8) is 0 Å². The van der Waals surface area contributed by atoms with Gasteiger partial charge >= 0.3 is 5.97 Å². The van der Waals surface area contributed by atoms with Crippen molar-refractivity contribution in [3.05, 3.63) is 35.9 Å². The summed E-state index contributed by atoms with van der Waals surface area (Å²) < 4.78 is 5.43. The number of hydrogen-bond acceptors (Lipinski definition) is 3. The minimum Gasteiger partial charge on any atom is -0.456 e. The van der Waals surface area contributed by atoms with E-state index in [1.165, 1.54) is 0 Å². The SMILES string of the molecule is CCC(=O)OC(CNC(C)C)c1ccccc1. The summed E-state index contributed by atoms with van der Waals surface area (Å²) in [6.45, 7) is 6.60. The molecule has 0 saturated carbocycles. The van der Waals surface area contributed by atoms with Crippen LogP contribution in [0.5, 0.6) is 0 Å². The summed E-state index contributed by atoms with van der Waals surface area (Å²) in [7, 11) is 0. The minimum absolute atomic E-state index is 0.163. The van der Waals surface area contributed by atoms with E-state index >= 15 is 0 Å². The molecule has 1 N–H and O–H groups in total. The van der Waals surface area contributed by atoms with Crippen LogP contribution >= 0.6 is 0 Å². The van der Waals surface area contributed by atoms with Crippen LogP contribution in [0.15, 0.2) is 30.3 Å². The summed E-state index contributed by atoms with van der Waals surface area (Å²) in [4.78, 5) is 11.4. The zero-order valence-corrected chi connectivity index (χ0v) is 10.8. The Morgan fingerprint density at radius 1 is 1.29 bits per heavy atom. The summed E-state index contributed by atoms with van der Waals surface area (Å²) in [6, 6.07) is 10.2. The van der Waals surface area contributed by atoms with Crippen molar-refractivity contribution in [1.82, 2.24) is 5.32 Å². The smallest absolute Gasteiger partial charge is 0.306 e. The van der Waals surface area contributed by atoms with E-state index in [-0.39, 0.29) is 12.1 Å². The minimum atomic E-state index is -0.203. The lowest BCUT2D eigenvalue weighted by atomic mass is 10.1. The van der Waals surface area contributed by atoms with Gasteiger partial charge in [0.05, 0.1) is 0 Å². The van der Waals surface area contributed by atoms with Crippen LogP contribution in [0.1, 0.15) is 38.9 Å². The molecular weight excluding hydrogens is 214 g/mol. The summed E-state index contributed by atoms with van der Waals surface area (Å²) in [5.41, 5.74) is 1.03. The van der Waals surface area contributed by atoms with Crippen LogP contribution in [0.2, 0.25) is 0 Å². The lowest BCUT2D eigenvalue weighted by Crippen LogP contribution is -2.30. The summed E-state index contributed by atoms with van der Waals surface area (Å²) in [5.74, 6) is -0.163. The number of nitrogens with one attached hydrogen (secondary N) is 1. The van der Waals surface area contributed by atoms with Crippen molar-refractivity contribution in [2.24, 2.45) is 0 Å². The fourth-order valence-electron chi connectivity index (χ4n) is 1.48. The molecule has 1 unspecified atom stereocenters. The lowest BCUT2D eigenvalue weighted by molar-refractivity contribution is -0.149. The van der Waals surface area contributed by atoms with E-state index in [9.17, 15) is 4.79 Å². The van der Waals surface area contributed by atoms with Crippen molar-refractivity contribution in [2.45, 2.75) is 39.3 Å². The second-order valence-electron chi connectivity index (χ2n) is 4.31. The third-order valence-electron chi connectivity index (χ3n) is 2.45. The molecule has 94 valence electrons. The molecule has 1 aromatic carbocycles. The molecule has 0 heterocycles. The number of hydrogen-bond donors (Lipinski definition) is 1. The Balaban J connectivity index is 2.68. The molecular formula is C14H21NO2. The van der Waals surface area contributed by atoms with Gasteiger partial charge in [-0.1, -0.05) is 51.1 Å². The monoisotopic (exact) mass is 235 g/mol. The van der Waals surface area contributed by atoms with Crippen molar-refractivity contribution in [2.75, 3.05) is 6.54 Å². The fourth-order valence-corrected chi connectivity index (χ4v) is 1.48. The molecule has 0 aliphatic carbocycles. The van der Waals surface area contributed by atoms with Gasteiger partial charge in [0.25, 0.3) is 0 Å². The molecule has 0 radical (unpaired) electrons. The average Bonchev–Trinajstić information content (AvgIpc) is 2.35. The predicted octanol–water partition coefficient (Wildman–Crippen LogP) is 2.68. The van der Waals surface area contributed by atoms with E-state index < -0.39 is 0 Å². The number of benzene rings is 1. The van der Waals surface area contributed by atoms with Crippen LogP contribution in [-0.4, -0.2) is 18.6 Å². The number of ether oxygens (including phenoxy) is 1. The molecule has 0 spiro atoms. The van der Waals surface area contributed by atoms with Crippen LogP contribution in [0.25, 0.3) is 0 Å². The van der Waals surface area contributed by atoms with E-state index in [1.807, 2.05) is 30.3 Å². The summed E-state index contributed by atoms with van der Waals surface area (Å²) in [5, 5.41) is 3.30. The highest BCUT2D eigenvalue weighted by atomic mass is 16.5. The Labute approximate surface area is 103 Å². The maximum absolute atomic E-state index is 11.4. The van der Waals surface area contributed by atoms with Gasteiger partial charge in [0, 0.05) is 19.0 Å². The zero-order chi connectivity index (χ0) is 12.7. The van der Waals surface area contributed by atoms with Gasteiger partial charge < -0.3 is 10.1 Å². The van der Waals surface area contributed by atoms with Gasteiger partial charge in [-0.2, -0.15) is 0 Å². The molecule has 17 heavy (non-hydrogen) atoms. The quantitative estimate of drug-likeness (QED) is 0.770. The largest absolute Gasteiger partial charge is 0.456 e. The molecule has 0 fully saturated rings. The van der Waals surface area contributed by atoms with Gasteiger partial charge in [-0.25, -0.2) is 0 Å². The van der Waals surface area contributed by atoms with Crippen LogP contribution in [0, 0.1) is 0 Å². The highest BCUT2D eigenvalue weighted by Gasteiger charge is 2.15. The Hall–Kier alpha value is -1.35. The average molecular weight is 235 g/mol. The first-order chi connectivity index (χ1) is 8.13. The molecule has 0 amide bonds. The summed E-state index contributed by atoms with van der Waals surface area (Å²) >= 11 is 0. The zero-order valence-electron chi connectivity index (χ0n) is 10.8. The maximum Gasteiger partial charge on any atom is 0.306 e. The third kappa shape index (κ3) is 5.00. The van der Waals surface area contributed by atoms with Gasteiger partial charge in [-0.05, 0) is 5.56 Å². The topological polar surface area (TPSA) is 38.3 Å². The van der Waals surface area contributed by atoms with Gasteiger partial charge in [0.15, 0.2) is 0 Å². The summed E-state index contributed by atoms with van der Waals surface area (Å²) in [6.07, 6.45) is 0.205. The third-order valence-corrected chi connectivity index (χ3v) is 2.45. The second-order valence-corrected chi connectivity index (χ2v) is 4.31. The first kappa shape index (κ1) is 13.7. The van der Waals surface area contributed by atoms with E-state index in [0.29, 0.717) is 19.0 Å². The molecule has 3 nitrogen and oxygen atoms in total. The molecule has 0 bridgehead atoms. The Bertz CT molecular complexity index is 335. The van der Waals surface area contributed by atoms with E-state index in [0.717, 1.165) is 5.56 Å². The molecule has 0 saturated heterocycles. The molecule has 1 atom stereocenters. The van der Waals surface area contributed by atoms with Crippen LogP contribution in [0.4, 0.5) is 0 Å². The van der Waals surface area contributed by atoms with Crippen LogP contribution < -0.4 is 5.32 Å². The Morgan fingerprint density at radius 3 is 2.47 bits per heavy atom. The maximum atomic E-state index is 11.4. The first-order valence-electron chi connectivity index (χ1n) is 6.11. The fraction of sp³-hybridized carbons (Fsp3) is 0.500. The van der Waals surface area contributed by atoms with Crippen molar-refractivity contribution >= 4 is 5.97 Å². The highest BCUT2D eigenvalue weighted by Crippen LogP contribution is 2.17. The van der Waals surface area contributed by atoms with Crippen molar-refractivity contribution in [1.29, 1.82) is 0 Å². The van der Waals surface area contributed by atoms with E-state index in [1.54, 1.807) is 6.92 Å². The van der Waals surface area contributed by atoms with Crippen LogP contribution in [-0.2, 0) is 9.53 Å². The van der Waals surface area contributed by atoms with Gasteiger partial charge in [-0.3, -0.25) is 4.79 Å². The normalized spacial score (nSPS) is 12.5. The van der Waals surface area contributed by atoms with Crippen LogP contribution in [0.3, 0.4) is 0 Å². The van der Waals surface area contributed by atoms with Crippen molar-refractivity contribution in [3.8, 4) is 0 Å². The standard InChI is InChI=1S/C14H21NO2/c1-4-14(16)17-13(10-15-11(2)3)12-8-6-5-7-9-12/h5-9,11,13,15H,4,10H2,1-3H3. The Morgan fingerprint density at radius 2 is 1.94 bits per heavy atom. The predicted molar refractivity (Wildman–Crippen MR) is 68.7 cm³/mol. The van der Waals surface area contributed by atoms with Gasteiger partial charge in [0.1, 0.15) is 6.10 Å². The molecule has 0 aliphatic rings. The molecule has 1 aromatic rings. The number of rotatable bonds is 6. The van der Waals surface area contributed by atoms with Crippen molar-refractivity contribution < 1.29 is 9.53 Å². The molecule has 3 heteroatoms. The number of carbonyl (C=O) groups is 1. The highest BCUT2D eigenvalue weighted by molar-refractivity contribution is 5.69. The molecule has 1 rings (SSSR count). The first-order valence-corrected chi connectivity index (χ1v) is 6.11. The van der Waals surface area contributed by atoms with Gasteiger partial charge in [-0.15, -0.1) is 0 Å². The number of carbonyl (C=O) groups excluding carboxylic acids is 1. The Kier molecular flexibility index (Phi) is 5.70.